The van der Waals surface area contributed by atoms with E-state index >= 15 is 0 Å². The summed E-state index contributed by atoms with van der Waals surface area (Å²) in [5.74, 6) is 0. The van der Waals surface area contributed by atoms with Gasteiger partial charge >= 0.3 is 0 Å². The van der Waals surface area contributed by atoms with Gasteiger partial charge < -0.3 is 0 Å². The van der Waals surface area contributed by atoms with Gasteiger partial charge in [-0.3, -0.25) is 0 Å². The predicted octanol–water partition coefficient (Wildman–Crippen LogP) is 4.16. The van der Waals surface area contributed by atoms with Crippen molar-refractivity contribution in [3.05, 3.63) is 0 Å². The second-order valence-corrected chi connectivity index (χ2v) is 6.00. The van der Waals surface area contributed by atoms with Crippen LogP contribution in [0.1, 0.15) is 6.92 Å². The van der Waals surface area contributed by atoms with E-state index < -0.39 is 13.5 Å². The van der Waals surface area contributed by atoms with Crippen molar-refractivity contribution in [1.82, 2.24) is 0 Å². The van der Waals surface area contributed by atoms with Crippen LogP contribution in [-0.4, -0.2) is 13.5 Å². The molecule has 0 fully saturated rings. The topological polar surface area (TPSA) is 0 Å². The zero-order chi connectivity index (χ0) is 8.58. The number of halogens is 6. The van der Waals surface area contributed by atoms with Gasteiger partial charge in [0.1, 0.15) is 4.84 Å². The minimum Gasteiger partial charge on any atom is -0.102 e. The highest BCUT2D eigenvalue weighted by atomic mass is 35.5. The van der Waals surface area contributed by atoms with Crippen LogP contribution in [0.4, 0.5) is 0 Å². The smallest absolute Gasteiger partial charge is 0.102 e. The monoisotopic (exact) mass is 262 g/mol. The van der Waals surface area contributed by atoms with Gasteiger partial charge in [-0.25, -0.2) is 0 Å². The van der Waals surface area contributed by atoms with Gasteiger partial charge in [0.05, 0.1) is 0 Å². The average molecular weight is 265 g/mol. The molecule has 0 aliphatic heterocycles. The molecule has 0 nitrogen and oxygen atoms in total. The molecule has 0 saturated heterocycles. The Hall–Kier alpha value is 1.74. The fourth-order valence-corrected chi connectivity index (χ4v) is 1.07. The van der Waals surface area contributed by atoms with Gasteiger partial charge in [-0.2, -0.15) is 0 Å². The largest absolute Gasteiger partial charge is 0.180 e. The molecule has 0 aromatic carbocycles. The standard InChI is InChI=1S/C4H4Cl6/c1-3(7,8)4(9,10)2(5)6/h2H,1H3. The van der Waals surface area contributed by atoms with Gasteiger partial charge in [0.25, 0.3) is 0 Å². The van der Waals surface area contributed by atoms with Gasteiger partial charge in [0.2, 0.25) is 0 Å². The van der Waals surface area contributed by atoms with E-state index in [1.54, 1.807) is 0 Å². The number of hydrogen-bond acceptors (Lipinski definition) is 0. The summed E-state index contributed by atoms with van der Waals surface area (Å²) in [6.07, 6.45) is 0. The normalized spacial score (nSPS) is 14.4. The molecule has 0 amide bonds. The Morgan fingerprint density at radius 2 is 1.30 bits per heavy atom. The van der Waals surface area contributed by atoms with Crippen molar-refractivity contribution < 1.29 is 0 Å². The maximum absolute atomic E-state index is 5.58. The number of alkyl halides is 6. The van der Waals surface area contributed by atoms with Crippen LogP contribution in [0, 0.1) is 0 Å². The third-order valence-electron chi connectivity index (χ3n) is 0.859. The molecule has 0 N–H and O–H groups in total. The summed E-state index contributed by atoms with van der Waals surface area (Å²) in [5.41, 5.74) is 0. The Labute approximate surface area is 89.7 Å². The van der Waals surface area contributed by atoms with E-state index in [9.17, 15) is 0 Å². The van der Waals surface area contributed by atoms with Crippen LogP contribution in [-0.2, 0) is 0 Å². The lowest BCUT2D eigenvalue weighted by Gasteiger charge is -2.29. The maximum Gasteiger partial charge on any atom is 0.180 e. The summed E-state index contributed by atoms with van der Waals surface area (Å²) >= 11 is 33.0. The summed E-state index contributed by atoms with van der Waals surface area (Å²) in [7, 11) is 0. The van der Waals surface area contributed by atoms with Crippen LogP contribution in [0.5, 0.6) is 0 Å². The van der Waals surface area contributed by atoms with Crippen LogP contribution in [0.3, 0.4) is 0 Å². The summed E-state index contributed by atoms with van der Waals surface area (Å²) in [5, 5.41) is 0. The number of rotatable bonds is 2. The molecule has 0 heterocycles. The fourth-order valence-electron chi connectivity index (χ4n) is 0.192. The van der Waals surface area contributed by atoms with E-state index in [-0.39, 0.29) is 0 Å². The molecular weight excluding hydrogens is 261 g/mol. The minimum absolute atomic E-state index is 1.03. The van der Waals surface area contributed by atoms with Gasteiger partial charge in [0, 0.05) is 0 Å². The zero-order valence-electron chi connectivity index (χ0n) is 4.85. The van der Waals surface area contributed by atoms with Crippen molar-refractivity contribution in [1.29, 1.82) is 0 Å². The van der Waals surface area contributed by atoms with Gasteiger partial charge in [-0.15, -0.1) is 23.2 Å². The second kappa shape index (κ2) is 3.64. The SMILES string of the molecule is CC(Cl)(Cl)C(Cl)(Cl)C(Cl)Cl. The van der Waals surface area contributed by atoms with Crippen molar-refractivity contribution in [3.63, 3.8) is 0 Å². The van der Waals surface area contributed by atoms with Gasteiger partial charge in [0.15, 0.2) is 8.67 Å². The molecule has 0 unspecified atom stereocenters. The molecule has 0 rings (SSSR count). The lowest BCUT2D eigenvalue weighted by atomic mass is 10.3. The fraction of sp³-hybridized carbons (Fsp3) is 1.00. The molecular formula is C4H4Cl6. The lowest BCUT2D eigenvalue weighted by Crippen LogP contribution is -2.39. The Morgan fingerprint density at radius 3 is 1.30 bits per heavy atom. The first-order valence-corrected chi connectivity index (χ1v) is 4.62. The summed E-state index contributed by atoms with van der Waals surface area (Å²) in [6, 6.07) is 0. The van der Waals surface area contributed by atoms with E-state index in [0.29, 0.717) is 0 Å². The molecule has 10 heavy (non-hydrogen) atoms. The van der Waals surface area contributed by atoms with Gasteiger partial charge in [-0.1, -0.05) is 46.4 Å². The maximum atomic E-state index is 5.58. The highest BCUT2D eigenvalue weighted by molar-refractivity contribution is 6.67. The van der Waals surface area contributed by atoms with Crippen molar-refractivity contribution in [2.75, 3.05) is 0 Å². The molecule has 0 spiro atoms. The molecule has 0 radical (unpaired) electrons. The molecule has 6 heteroatoms. The van der Waals surface area contributed by atoms with Crippen LogP contribution in [0.15, 0.2) is 0 Å². The minimum atomic E-state index is -1.56. The quantitative estimate of drug-likeness (QED) is 0.657. The Bertz CT molecular complexity index is 111. The molecule has 0 aliphatic carbocycles. The summed E-state index contributed by atoms with van der Waals surface area (Å²) in [6.45, 7) is 1.41. The van der Waals surface area contributed by atoms with Gasteiger partial charge in [-0.05, 0) is 6.92 Å². The zero-order valence-corrected chi connectivity index (χ0v) is 9.38. The Balaban J connectivity index is 4.40. The molecule has 0 saturated carbocycles. The molecule has 0 atom stereocenters. The van der Waals surface area contributed by atoms with Crippen molar-refractivity contribution >= 4 is 69.6 Å². The molecule has 0 aromatic heterocycles. The lowest BCUT2D eigenvalue weighted by molar-refractivity contribution is 0.743. The molecule has 0 aliphatic rings. The summed E-state index contributed by atoms with van der Waals surface area (Å²) < 4.78 is -2.93. The third kappa shape index (κ3) is 2.66. The van der Waals surface area contributed by atoms with E-state index in [1.807, 2.05) is 0 Å². The van der Waals surface area contributed by atoms with E-state index in [1.165, 1.54) is 6.92 Å². The van der Waals surface area contributed by atoms with E-state index in [4.69, 9.17) is 69.6 Å². The van der Waals surface area contributed by atoms with E-state index in [0.717, 1.165) is 0 Å². The van der Waals surface area contributed by atoms with Crippen LogP contribution in [0.2, 0.25) is 0 Å². The van der Waals surface area contributed by atoms with Crippen molar-refractivity contribution in [3.8, 4) is 0 Å². The summed E-state index contributed by atoms with van der Waals surface area (Å²) in [4.78, 5) is -1.03. The first kappa shape index (κ1) is 11.7. The Kier molecular flexibility index (Phi) is 4.27. The second-order valence-electron chi connectivity index (χ2n) is 1.81. The molecule has 0 bridgehead atoms. The van der Waals surface area contributed by atoms with Crippen molar-refractivity contribution in [2.45, 2.75) is 20.4 Å². The molecule has 62 valence electrons. The molecule has 0 aromatic rings. The Morgan fingerprint density at radius 1 is 1.00 bits per heavy atom. The average Bonchev–Trinajstić information content (AvgIpc) is 1.62. The highest BCUT2D eigenvalue weighted by Gasteiger charge is 2.48. The van der Waals surface area contributed by atoms with Crippen molar-refractivity contribution in [2.24, 2.45) is 0 Å². The first-order valence-electron chi connectivity index (χ1n) is 2.23. The van der Waals surface area contributed by atoms with E-state index in [2.05, 4.69) is 0 Å². The van der Waals surface area contributed by atoms with Crippen LogP contribution >= 0.6 is 69.6 Å². The third-order valence-corrected chi connectivity index (χ3v) is 4.14. The first-order chi connectivity index (χ1) is 4.19. The highest BCUT2D eigenvalue weighted by Crippen LogP contribution is 2.47. The number of hydrogen-bond donors (Lipinski definition) is 0. The van der Waals surface area contributed by atoms with Crippen LogP contribution in [0.25, 0.3) is 0 Å². The predicted molar refractivity (Wildman–Crippen MR) is 50.0 cm³/mol. The van der Waals surface area contributed by atoms with Crippen LogP contribution < -0.4 is 0 Å².